The molecular weight excluding hydrogens is 355 g/mol. The van der Waals surface area contributed by atoms with Crippen LogP contribution in [0.1, 0.15) is 13.3 Å². The fraction of sp³-hybridized carbons (Fsp3) is 0.214. The van der Waals surface area contributed by atoms with Crippen LogP contribution in [-0.2, 0) is 0 Å². The number of benzene rings is 1. The van der Waals surface area contributed by atoms with Crippen molar-refractivity contribution in [2.75, 3.05) is 12.3 Å². The third-order valence-corrected chi connectivity index (χ3v) is 3.25. The highest BCUT2D eigenvalue weighted by atomic mass is 127. The summed E-state index contributed by atoms with van der Waals surface area (Å²) in [6.07, 6.45) is 0.906. The predicted octanol–water partition coefficient (Wildman–Crippen LogP) is 3.85. The largest absolute Gasteiger partial charge is 0.476 e. The Morgan fingerprint density at radius 2 is 2.00 bits per heavy atom. The molecule has 0 aliphatic heterocycles. The van der Waals surface area contributed by atoms with Crippen LogP contribution >= 0.6 is 22.6 Å². The van der Waals surface area contributed by atoms with Crippen molar-refractivity contribution in [2.24, 2.45) is 0 Å². The van der Waals surface area contributed by atoms with Gasteiger partial charge in [0.1, 0.15) is 5.75 Å². The van der Waals surface area contributed by atoms with E-state index in [-0.39, 0.29) is 0 Å². The molecule has 0 atom stereocenters. The molecule has 2 aromatic rings. The van der Waals surface area contributed by atoms with Crippen molar-refractivity contribution in [2.45, 2.75) is 13.3 Å². The van der Waals surface area contributed by atoms with Crippen LogP contribution in [0.4, 0.5) is 5.69 Å². The van der Waals surface area contributed by atoms with Gasteiger partial charge in [0, 0.05) is 6.07 Å². The van der Waals surface area contributed by atoms with Gasteiger partial charge >= 0.3 is 0 Å². The Labute approximate surface area is 126 Å². The molecule has 0 radical (unpaired) electrons. The number of halogens is 1. The molecule has 0 aliphatic carbocycles. The van der Waals surface area contributed by atoms with Gasteiger partial charge in [-0.15, -0.1) is 0 Å². The maximum absolute atomic E-state index is 5.81. The first-order chi connectivity index (χ1) is 9.20. The number of hydrogen-bond donors (Lipinski definition) is 1. The zero-order valence-corrected chi connectivity index (χ0v) is 12.8. The summed E-state index contributed by atoms with van der Waals surface area (Å²) < 4.78 is 12.2. The molecule has 0 amide bonds. The van der Waals surface area contributed by atoms with E-state index in [0.29, 0.717) is 24.1 Å². The molecule has 1 aromatic carbocycles. The average Bonchev–Trinajstić information content (AvgIpc) is 2.42. The van der Waals surface area contributed by atoms with Crippen LogP contribution < -0.4 is 15.2 Å². The monoisotopic (exact) mass is 370 g/mol. The molecular formula is C14H15IN2O2. The van der Waals surface area contributed by atoms with Gasteiger partial charge in [0.15, 0.2) is 0 Å². The number of nitrogens with two attached hydrogens (primary N) is 1. The lowest BCUT2D eigenvalue weighted by atomic mass is 10.3. The normalized spacial score (nSPS) is 10.2. The van der Waals surface area contributed by atoms with Gasteiger partial charge < -0.3 is 15.2 Å². The van der Waals surface area contributed by atoms with Crippen LogP contribution in [-0.4, -0.2) is 11.6 Å². The summed E-state index contributed by atoms with van der Waals surface area (Å²) in [6.45, 7) is 2.62. The number of nitrogens with zero attached hydrogens (tertiary/aromatic N) is 1. The highest BCUT2D eigenvalue weighted by molar-refractivity contribution is 14.1. The lowest BCUT2D eigenvalue weighted by molar-refractivity contribution is 0.302. The molecule has 19 heavy (non-hydrogen) atoms. The van der Waals surface area contributed by atoms with Crippen molar-refractivity contribution in [1.29, 1.82) is 0 Å². The second kappa shape index (κ2) is 6.60. The molecule has 1 aromatic heterocycles. The van der Waals surface area contributed by atoms with Gasteiger partial charge in [0.05, 0.1) is 15.9 Å². The molecule has 0 saturated heterocycles. The van der Waals surface area contributed by atoms with Crippen LogP contribution in [0.2, 0.25) is 0 Å². The minimum Gasteiger partial charge on any atom is -0.476 e. The molecule has 100 valence electrons. The van der Waals surface area contributed by atoms with Gasteiger partial charge in [-0.3, -0.25) is 0 Å². The highest BCUT2D eigenvalue weighted by Gasteiger charge is 2.07. The predicted molar refractivity (Wildman–Crippen MR) is 83.7 cm³/mol. The first kappa shape index (κ1) is 13.9. The van der Waals surface area contributed by atoms with E-state index in [0.717, 1.165) is 15.7 Å². The van der Waals surface area contributed by atoms with Gasteiger partial charge in [-0.2, -0.15) is 4.98 Å². The summed E-state index contributed by atoms with van der Waals surface area (Å²) >= 11 is 2.22. The first-order valence-corrected chi connectivity index (χ1v) is 7.10. The van der Waals surface area contributed by atoms with E-state index in [1.807, 2.05) is 31.2 Å². The van der Waals surface area contributed by atoms with E-state index in [2.05, 4.69) is 27.6 Å². The minimum atomic E-state index is 0.422. The minimum absolute atomic E-state index is 0.422. The van der Waals surface area contributed by atoms with Crippen molar-refractivity contribution in [1.82, 2.24) is 4.98 Å². The molecule has 5 heteroatoms. The number of rotatable bonds is 5. The van der Waals surface area contributed by atoms with Crippen molar-refractivity contribution in [3.8, 4) is 17.5 Å². The summed E-state index contributed by atoms with van der Waals surface area (Å²) in [7, 11) is 0. The summed E-state index contributed by atoms with van der Waals surface area (Å²) in [6, 6.07) is 11.2. The Morgan fingerprint density at radius 1 is 1.21 bits per heavy atom. The third-order valence-electron chi connectivity index (χ3n) is 2.36. The van der Waals surface area contributed by atoms with E-state index in [1.165, 1.54) is 0 Å². The summed E-state index contributed by atoms with van der Waals surface area (Å²) in [5.74, 6) is 1.66. The smallest absolute Gasteiger partial charge is 0.240 e. The Balaban J connectivity index is 2.19. The van der Waals surface area contributed by atoms with Crippen molar-refractivity contribution >= 4 is 28.3 Å². The van der Waals surface area contributed by atoms with E-state index < -0.39 is 0 Å². The van der Waals surface area contributed by atoms with Crippen molar-refractivity contribution in [3.63, 3.8) is 0 Å². The lowest BCUT2D eigenvalue weighted by Gasteiger charge is -2.10. The average molecular weight is 370 g/mol. The Hall–Kier alpha value is -1.50. The topological polar surface area (TPSA) is 57.4 Å². The maximum Gasteiger partial charge on any atom is 0.240 e. The Kier molecular flexibility index (Phi) is 4.84. The molecule has 1 heterocycles. The first-order valence-electron chi connectivity index (χ1n) is 6.02. The standard InChI is InChI=1S/C14H15IN2O2/c1-2-9-18-14-11(16)7-8-13(17-14)19-12-6-4-3-5-10(12)15/h3-8H,2,9,16H2,1H3. The molecule has 4 nitrogen and oxygen atoms in total. The number of ether oxygens (including phenoxy) is 2. The fourth-order valence-electron chi connectivity index (χ4n) is 1.45. The van der Waals surface area contributed by atoms with Crippen molar-refractivity contribution < 1.29 is 9.47 Å². The zero-order chi connectivity index (χ0) is 13.7. The number of aromatic nitrogens is 1. The molecule has 0 bridgehead atoms. The fourth-order valence-corrected chi connectivity index (χ4v) is 1.94. The van der Waals surface area contributed by atoms with E-state index in [9.17, 15) is 0 Å². The van der Waals surface area contributed by atoms with Crippen LogP contribution in [0.25, 0.3) is 0 Å². The second-order valence-corrected chi connectivity index (χ2v) is 5.09. The number of anilines is 1. The number of para-hydroxylation sites is 1. The second-order valence-electron chi connectivity index (χ2n) is 3.92. The number of pyridine rings is 1. The van der Waals surface area contributed by atoms with Crippen molar-refractivity contribution in [3.05, 3.63) is 40.0 Å². The van der Waals surface area contributed by atoms with E-state index >= 15 is 0 Å². The Morgan fingerprint density at radius 3 is 2.74 bits per heavy atom. The third kappa shape index (κ3) is 3.73. The lowest BCUT2D eigenvalue weighted by Crippen LogP contribution is -2.02. The molecule has 2 N–H and O–H groups in total. The molecule has 0 aliphatic rings. The highest BCUT2D eigenvalue weighted by Crippen LogP contribution is 2.28. The summed E-state index contributed by atoms with van der Waals surface area (Å²) in [4.78, 5) is 4.27. The SMILES string of the molecule is CCCOc1nc(Oc2ccccc2I)ccc1N. The van der Waals surface area contributed by atoms with Gasteiger partial charge in [0.25, 0.3) is 0 Å². The molecule has 0 unspecified atom stereocenters. The molecule has 2 rings (SSSR count). The maximum atomic E-state index is 5.81. The molecule has 0 spiro atoms. The van der Waals surface area contributed by atoms with E-state index in [4.69, 9.17) is 15.2 Å². The quantitative estimate of drug-likeness (QED) is 0.813. The van der Waals surface area contributed by atoms with Gasteiger partial charge in [-0.1, -0.05) is 19.1 Å². The van der Waals surface area contributed by atoms with Gasteiger partial charge in [-0.05, 0) is 47.2 Å². The van der Waals surface area contributed by atoms with Gasteiger partial charge in [-0.25, -0.2) is 0 Å². The van der Waals surface area contributed by atoms with Crippen LogP contribution in [0.15, 0.2) is 36.4 Å². The van der Waals surface area contributed by atoms with Crippen LogP contribution in [0.3, 0.4) is 0 Å². The van der Waals surface area contributed by atoms with E-state index in [1.54, 1.807) is 12.1 Å². The van der Waals surface area contributed by atoms with Crippen LogP contribution in [0, 0.1) is 3.57 Å². The Bertz CT molecular complexity index is 561. The van der Waals surface area contributed by atoms with Gasteiger partial charge in [0.2, 0.25) is 11.8 Å². The number of nitrogen functional groups attached to an aromatic ring is 1. The number of hydrogen-bond acceptors (Lipinski definition) is 4. The molecule has 0 saturated carbocycles. The summed E-state index contributed by atoms with van der Waals surface area (Å²) in [5.41, 5.74) is 6.33. The summed E-state index contributed by atoms with van der Waals surface area (Å²) in [5, 5.41) is 0. The zero-order valence-electron chi connectivity index (χ0n) is 10.6. The van der Waals surface area contributed by atoms with Crippen LogP contribution in [0.5, 0.6) is 17.5 Å². The molecule has 0 fully saturated rings.